The molecule has 0 spiro atoms. The molecular formula is C13H10ClFN2O. The number of pyridine rings is 1. The average Bonchev–Trinajstić information content (AvgIpc) is 2.40. The van der Waals surface area contributed by atoms with Crippen molar-refractivity contribution in [1.82, 2.24) is 10.3 Å². The standard InChI is InChI=1S/C13H10ClFN2O/c14-10-4-5-11(15)9(7-10)8-17-13(18)12-3-1-2-6-16-12/h1-7H,8H2,(H,17,18). The molecule has 1 aromatic heterocycles. The molecule has 2 aromatic rings. The molecule has 0 bridgehead atoms. The second-order valence-corrected chi connectivity index (χ2v) is 4.07. The Kier molecular flexibility index (Phi) is 3.89. The summed E-state index contributed by atoms with van der Waals surface area (Å²) in [4.78, 5) is 15.6. The lowest BCUT2D eigenvalue weighted by molar-refractivity contribution is 0.0945. The quantitative estimate of drug-likeness (QED) is 0.926. The van der Waals surface area contributed by atoms with Crippen LogP contribution in [0.4, 0.5) is 4.39 Å². The molecule has 92 valence electrons. The van der Waals surface area contributed by atoms with Gasteiger partial charge in [-0.2, -0.15) is 0 Å². The van der Waals surface area contributed by atoms with E-state index in [1.807, 2.05) is 0 Å². The van der Waals surface area contributed by atoms with Crippen LogP contribution in [0.3, 0.4) is 0 Å². The molecule has 0 radical (unpaired) electrons. The molecule has 1 heterocycles. The van der Waals surface area contributed by atoms with Crippen molar-refractivity contribution in [3.05, 3.63) is 64.7 Å². The van der Waals surface area contributed by atoms with E-state index in [0.717, 1.165) is 0 Å². The van der Waals surface area contributed by atoms with Gasteiger partial charge in [-0.3, -0.25) is 9.78 Å². The summed E-state index contributed by atoms with van der Waals surface area (Å²) in [5.74, 6) is -0.754. The molecule has 0 aliphatic carbocycles. The van der Waals surface area contributed by atoms with Crippen molar-refractivity contribution in [2.45, 2.75) is 6.54 Å². The summed E-state index contributed by atoms with van der Waals surface area (Å²) in [7, 11) is 0. The molecule has 0 fully saturated rings. The normalized spacial score (nSPS) is 10.1. The molecule has 0 atom stereocenters. The lowest BCUT2D eigenvalue weighted by atomic mass is 10.2. The Morgan fingerprint density at radius 1 is 1.33 bits per heavy atom. The van der Waals surface area contributed by atoms with Crippen LogP contribution in [0.25, 0.3) is 0 Å². The molecule has 5 heteroatoms. The van der Waals surface area contributed by atoms with Crippen LogP contribution in [0.1, 0.15) is 16.1 Å². The second-order valence-electron chi connectivity index (χ2n) is 3.63. The fourth-order valence-electron chi connectivity index (χ4n) is 1.44. The number of hydrogen-bond donors (Lipinski definition) is 1. The predicted molar refractivity (Wildman–Crippen MR) is 66.8 cm³/mol. The summed E-state index contributed by atoms with van der Waals surface area (Å²) in [6, 6.07) is 9.22. The lowest BCUT2D eigenvalue weighted by Gasteiger charge is -2.06. The largest absolute Gasteiger partial charge is 0.347 e. The maximum absolute atomic E-state index is 13.4. The first kappa shape index (κ1) is 12.5. The van der Waals surface area contributed by atoms with Gasteiger partial charge in [-0.25, -0.2) is 4.39 Å². The first-order valence-corrected chi connectivity index (χ1v) is 5.68. The summed E-state index contributed by atoms with van der Waals surface area (Å²) >= 11 is 5.76. The summed E-state index contributed by atoms with van der Waals surface area (Å²) in [5.41, 5.74) is 0.631. The van der Waals surface area contributed by atoms with E-state index in [0.29, 0.717) is 16.3 Å². The molecule has 0 aliphatic rings. The van der Waals surface area contributed by atoms with Crippen molar-refractivity contribution in [2.75, 3.05) is 0 Å². The highest BCUT2D eigenvalue weighted by atomic mass is 35.5. The molecule has 1 amide bonds. The Labute approximate surface area is 109 Å². The summed E-state index contributed by atoms with van der Waals surface area (Å²) in [6.07, 6.45) is 1.52. The van der Waals surface area contributed by atoms with Gasteiger partial charge >= 0.3 is 0 Å². The van der Waals surface area contributed by atoms with Crippen molar-refractivity contribution >= 4 is 17.5 Å². The van der Waals surface area contributed by atoms with Crippen molar-refractivity contribution in [3.8, 4) is 0 Å². The number of benzene rings is 1. The molecule has 2 rings (SSSR count). The smallest absolute Gasteiger partial charge is 0.270 e. The van der Waals surface area contributed by atoms with Gasteiger partial charge in [-0.1, -0.05) is 17.7 Å². The Balaban J connectivity index is 2.04. The third-order valence-corrected chi connectivity index (χ3v) is 2.58. The number of carbonyl (C=O) groups excluding carboxylic acids is 1. The molecule has 18 heavy (non-hydrogen) atoms. The van der Waals surface area contributed by atoms with Gasteiger partial charge in [-0.05, 0) is 30.3 Å². The summed E-state index contributed by atoms with van der Waals surface area (Å²) < 4.78 is 13.4. The van der Waals surface area contributed by atoms with E-state index in [2.05, 4.69) is 10.3 Å². The predicted octanol–water partition coefficient (Wildman–Crippen LogP) is 2.80. The Morgan fingerprint density at radius 2 is 2.17 bits per heavy atom. The molecule has 0 unspecified atom stereocenters. The van der Waals surface area contributed by atoms with E-state index in [1.54, 1.807) is 18.2 Å². The minimum Gasteiger partial charge on any atom is -0.347 e. The highest BCUT2D eigenvalue weighted by molar-refractivity contribution is 6.30. The van der Waals surface area contributed by atoms with Gasteiger partial charge in [0, 0.05) is 23.3 Å². The van der Waals surface area contributed by atoms with E-state index in [9.17, 15) is 9.18 Å². The van der Waals surface area contributed by atoms with Gasteiger partial charge in [0.1, 0.15) is 11.5 Å². The maximum Gasteiger partial charge on any atom is 0.270 e. The van der Waals surface area contributed by atoms with E-state index in [-0.39, 0.29) is 12.5 Å². The van der Waals surface area contributed by atoms with Crippen LogP contribution in [0.5, 0.6) is 0 Å². The van der Waals surface area contributed by atoms with Crippen LogP contribution in [0.2, 0.25) is 5.02 Å². The van der Waals surface area contributed by atoms with E-state index >= 15 is 0 Å². The number of nitrogens with one attached hydrogen (secondary N) is 1. The lowest BCUT2D eigenvalue weighted by Crippen LogP contribution is -2.24. The van der Waals surface area contributed by atoms with Crippen LogP contribution in [0.15, 0.2) is 42.6 Å². The van der Waals surface area contributed by atoms with Crippen molar-refractivity contribution in [3.63, 3.8) is 0 Å². The molecule has 1 N–H and O–H groups in total. The minimum absolute atomic E-state index is 0.0712. The first-order valence-electron chi connectivity index (χ1n) is 5.30. The van der Waals surface area contributed by atoms with Crippen molar-refractivity contribution in [2.24, 2.45) is 0 Å². The Hall–Kier alpha value is -1.94. The molecule has 3 nitrogen and oxygen atoms in total. The minimum atomic E-state index is -0.402. The SMILES string of the molecule is O=C(NCc1cc(Cl)ccc1F)c1ccccn1. The second kappa shape index (κ2) is 5.60. The third kappa shape index (κ3) is 3.05. The number of hydrogen-bond acceptors (Lipinski definition) is 2. The maximum atomic E-state index is 13.4. The molecular weight excluding hydrogens is 255 g/mol. The van der Waals surface area contributed by atoms with Gasteiger partial charge in [-0.15, -0.1) is 0 Å². The van der Waals surface area contributed by atoms with Crippen LogP contribution in [-0.2, 0) is 6.54 Å². The number of aromatic nitrogens is 1. The summed E-state index contributed by atoms with van der Waals surface area (Å²) in [5, 5.41) is 3.01. The topological polar surface area (TPSA) is 42.0 Å². The molecule has 0 aliphatic heterocycles. The highest BCUT2D eigenvalue weighted by Crippen LogP contribution is 2.14. The van der Waals surface area contributed by atoms with Gasteiger partial charge in [0.25, 0.3) is 5.91 Å². The average molecular weight is 265 g/mol. The highest BCUT2D eigenvalue weighted by Gasteiger charge is 2.08. The number of nitrogens with zero attached hydrogens (tertiary/aromatic N) is 1. The Bertz CT molecular complexity index is 560. The zero-order valence-corrected chi connectivity index (χ0v) is 10.1. The number of amides is 1. The zero-order chi connectivity index (χ0) is 13.0. The molecule has 1 aromatic carbocycles. The van der Waals surface area contributed by atoms with Crippen LogP contribution in [-0.4, -0.2) is 10.9 Å². The van der Waals surface area contributed by atoms with Gasteiger partial charge in [0.15, 0.2) is 0 Å². The van der Waals surface area contributed by atoms with Crippen LogP contribution in [0, 0.1) is 5.82 Å². The van der Waals surface area contributed by atoms with E-state index < -0.39 is 5.82 Å². The van der Waals surface area contributed by atoms with Gasteiger partial charge in [0.05, 0.1) is 0 Å². The number of rotatable bonds is 3. The van der Waals surface area contributed by atoms with Crippen molar-refractivity contribution in [1.29, 1.82) is 0 Å². The fourth-order valence-corrected chi connectivity index (χ4v) is 1.64. The Morgan fingerprint density at radius 3 is 2.89 bits per heavy atom. The number of halogens is 2. The molecule has 0 saturated carbocycles. The summed E-state index contributed by atoms with van der Waals surface area (Å²) in [6.45, 7) is 0.0712. The van der Waals surface area contributed by atoms with E-state index in [4.69, 9.17) is 11.6 Å². The van der Waals surface area contributed by atoms with E-state index in [1.165, 1.54) is 24.4 Å². The molecule has 0 saturated heterocycles. The third-order valence-electron chi connectivity index (χ3n) is 2.34. The van der Waals surface area contributed by atoms with Gasteiger partial charge in [0.2, 0.25) is 0 Å². The van der Waals surface area contributed by atoms with Crippen LogP contribution < -0.4 is 5.32 Å². The van der Waals surface area contributed by atoms with Crippen molar-refractivity contribution < 1.29 is 9.18 Å². The zero-order valence-electron chi connectivity index (χ0n) is 9.36. The first-order chi connectivity index (χ1) is 8.66. The number of carbonyl (C=O) groups is 1. The monoisotopic (exact) mass is 264 g/mol. The fraction of sp³-hybridized carbons (Fsp3) is 0.0769. The van der Waals surface area contributed by atoms with Gasteiger partial charge < -0.3 is 5.32 Å². The van der Waals surface area contributed by atoms with Crippen LogP contribution >= 0.6 is 11.6 Å².